The molecule has 0 saturated carbocycles. The second kappa shape index (κ2) is 5.55. The SMILES string of the molecule is CCOC(=CN)OC(=O)CN. The Hall–Kier alpha value is -1.23. The van der Waals surface area contributed by atoms with Gasteiger partial charge >= 0.3 is 11.9 Å². The summed E-state index contributed by atoms with van der Waals surface area (Å²) in [5.41, 5.74) is 10.0. The minimum atomic E-state index is -0.574. The van der Waals surface area contributed by atoms with Crippen molar-refractivity contribution in [1.29, 1.82) is 0 Å². The van der Waals surface area contributed by atoms with E-state index in [9.17, 15) is 4.79 Å². The quantitative estimate of drug-likeness (QED) is 0.418. The van der Waals surface area contributed by atoms with Crippen LogP contribution in [0, 0.1) is 0 Å². The van der Waals surface area contributed by atoms with E-state index in [0.29, 0.717) is 6.61 Å². The average Bonchev–Trinajstić information content (AvgIpc) is 2.03. The van der Waals surface area contributed by atoms with Gasteiger partial charge in [-0.1, -0.05) is 0 Å². The summed E-state index contributed by atoms with van der Waals surface area (Å²) in [7, 11) is 0. The van der Waals surface area contributed by atoms with Crippen LogP contribution >= 0.6 is 0 Å². The second-order valence-electron chi connectivity index (χ2n) is 1.60. The van der Waals surface area contributed by atoms with E-state index in [1.165, 1.54) is 0 Å². The number of carbonyl (C=O) groups excluding carboxylic acids is 1. The first-order valence-corrected chi connectivity index (χ1v) is 3.20. The van der Waals surface area contributed by atoms with Gasteiger partial charge in [-0.05, 0) is 6.92 Å². The Morgan fingerprint density at radius 1 is 1.64 bits per heavy atom. The van der Waals surface area contributed by atoms with Crippen molar-refractivity contribution >= 4 is 5.97 Å². The molecule has 5 nitrogen and oxygen atoms in total. The predicted octanol–water partition coefficient (Wildman–Crippen LogP) is -0.718. The Bertz CT molecular complexity index is 156. The zero-order valence-electron chi connectivity index (χ0n) is 6.37. The van der Waals surface area contributed by atoms with E-state index in [1.54, 1.807) is 6.92 Å². The molecule has 0 saturated heterocycles. The first-order chi connectivity index (χ1) is 5.24. The van der Waals surface area contributed by atoms with Crippen molar-refractivity contribution in [2.75, 3.05) is 13.2 Å². The summed E-state index contributed by atoms with van der Waals surface area (Å²) in [6.45, 7) is 1.95. The van der Waals surface area contributed by atoms with E-state index in [2.05, 4.69) is 4.74 Å². The van der Waals surface area contributed by atoms with Crippen molar-refractivity contribution < 1.29 is 14.3 Å². The fourth-order valence-electron chi connectivity index (χ4n) is 0.408. The highest BCUT2D eigenvalue weighted by molar-refractivity contribution is 5.72. The summed E-state index contributed by atoms with van der Waals surface area (Å²) in [6.07, 6.45) is 1.07. The first kappa shape index (κ1) is 9.77. The summed E-state index contributed by atoms with van der Waals surface area (Å²) >= 11 is 0. The molecule has 0 aromatic heterocycles. The van der Waals surface area contributed by atoms with Crippen LogP contribution in [0.3, 0.4) is 0 Å². The van der Waals surface area contributed by atoms with Crippen LogP contribution in [0.15, 0.2) is 12.1 Å². The molecule has 0 amide bonds. The highest BCUT2D eigenvalue weighted by atomic mass is 16.7. The molecule has 0 heterocycles. The lowest BCUT2D eigenvalue weighted by atomic mass is 10.7. The zero-order chi connectivity index (χ0) is 8.69. The van der Waals surface area contributed by atoms with Gasteiger partial charge in [0.05, 0.1) is 19.4 Å². The number of nitrogens with two attached hydrogens (primary N) is 2. The van der Waals surface area contributed by atoms with Gasteiger partial charge in [-0.2, -0.15) is 0 Å². The van der Waals surface area contributed by atoms with E-state index in [-0.39, 0.29) is 12.5 Å². The fourth-order valence-corrected chi connectivity index (χ4v) is 0.408. The molecule has 4 N–H and O–H groups in total. The van der Waals surface area contributed by atoms with Gasteiger partial charge in [0, 0.05) is 0 Å². The molecule has 0 atom stereocenters. The third-order valence-electron chi connectivity index (χ3n) is 0.804. The summed E-state index contributed by atoms with van der Waals surface area (Å²) in [5, 5.41) is 0. The van der Waals surface area contributed by atoms with E-state index >= 15 is 0 Å². The van der Waals surface area contributed by atoms with Crippen molar-refractivity contribution in [1.82, 2.24) is 0 Å². The summed E-state index contributed by atoms with van der Waals surface area (Å²) in [5.74, 6) is -0.585. The molecule has 64 valence electrons. The molecule has 11 heavy (non-hydrogen) atoms. The lowest BCUT2D eigenvalue weighted by Gasteiger charge is -2.05. The topological polar surface area (TPSA) is 87.6 Å². The van der Waals surface area contributed by atoms with Crippen LogP contribution < -0.4 is 11.5 Å². The van der Waals surface area contributed by atoms with Crippen LogP contribution in [0.5, 0.6) is 0 Å². The van der Waals surface area contributed by atoms with Crippen molar-refractivity contribution in [3.05, 3.63) is 12.1 Å². The van der Waals surface area contributed by atoms with Crippen LogP contribution in [0.1, 0.15) is 6.92 Å². The van der Waals surface area contributed by atoms with Crippen LogP contribution in [-0.4, -0.2) is 19.1 Å². The van der Waals surface area contributed by atoms with Gasteiger partial charge in [-0.15, -0.1) is 0 Å². The summed E-state index contributed by atoms with van der Waals surface area (Å²) in [4.78, 5) is 10.5. The minimum Gasteiger partial charge on any atom is -0.464 e. The molecule has 0 fully saturated rings. The predicted molar refractivity (Wildman–Crippen MR) is 39.0 cm³/mol. The molecule has 5 heteroatoms. The third-order valence-corrected chi connectivity index (χ3v) is 0.804. The normalized spacial score (nSPS) is 10.9. The molecule has 0 spiro atoms. The maximum atomic E-state index is 10.5. The minimum absolute atomic E-state index is 0.0112. The van der Waals surface area contributed by atoms with Gasteiger partial charge in [0.25, 0.3) is 0 Å². The standard InChI is InChI=1S/C6H12N2O3/c1-2-10-6(4-8)11-5(9)3-7/h4H,2-3,7-8H2,1H3. The first-order valence-electron chi connectivity index (χ1n) is 3.20. The van der Waals surface area contributed by atoms with Crippen LogP contribution in [-0.2, 0) is 14.3 Å². The molecule has 0 aromatic rings. The summed E-state index contributed by atoms with van der Waals surface area (Å²) < 4.78 is 9.34. The largest absolute Gasteiger partial charge is 0.464 e. The van der Waals surface area contributed by atoms with Gasteiger partial charge in [-0.25, -0.2) is 0 Å². The third kappa shape index (κ3) is 4.21. The van der Waals surface area contributed by atoms with E-state index in [1.807, 2.05) is 0 Å². The number of hydrogen-bond donors (Lipinski definition) is 2. The lowest BCUT2D eigenvalue weighted by molar-refractivity contribution is -0.143. The molecular weight excluding hydrogens is 148 g/mol. The maximum Gasteiger partial charge on any atom is 0.327 e. The van der Waals surface area contributed by atoms with Crippen LogP contribution in [0.4, 0.5) is 0 Å². The molecular formula is C6H12N2O3. The number of rotatable bonds is 4. The van der Waals surface area contributed by atoms with E-state index < -0.39 is 5.97 Å². The van der Waals surface area contributed by atoms with E-state index in [4.69, 9.17) is 16.2 Å². The average molecular weight is 160 g/mol. The van der Waals surface area contributed by atoms with Gasteiger partial charge in [-0.3, -0.25) is 4.79 Å². The molecule has 0 unspecified atom stereocenters. The fraction of sp³-hybridized carbons (Fsp3) is 0.500. The Labute approximate surface area is 64.9 Å². The van der Waals surface area contributed by atoms with Gasteiger partial charge < -0.3 is 20.9 Å². The van der Waals surface area contributed by atoms with Crippen molar-refractivity contribution in [2.45, 2.75) is 6.92 Å². The molecule has 0 aromatic carbocycles. The number of hydrogen-bond acceptors (Lipinski definition) is 5. The van der Waals surface area contributed by atoms with Crippen LogP contribution in [0.25, 0.3) is 0 Å². The molecule has 0 aliphatic rings. The molecule has 0 radical (unpaired) electrons. The maximum absolute atomic E-state index is 10.5. The summed E-state index contributed by atoms with van der Waals surface area (Å²) in [6, 6.07) is 0. The molecule has 0 rings (SSSR count). The molecule has 0 aliphatic heterocycles. The zero-order valence-corrected chi connectivity index (χ0v) is 6.37. The Morgan fingerprint density at radius 3 is 2.64 bits per heavy atom. The van der Waals surface area contributed by atoms with Gasteiger partial charge in [0.2, 0.25) is 0 Å². The van der Waals surface area contributed by atoms with Crippen molar-refractivity contribution in [3.63, 3.8) is 0 Å². The van der Waals surface area contributed by atoms with E-state index in [0.717, 1.165) is 6.20 Å². The lowest BCUT2D eigenvalue weighted by Crippen LogP contribution is -2.17. The molecule has 0 bridgehead atoms. The van der Waals surface area contributed by atoms with Crippen LogP contribution in [0.2, 0.25) is 0 Å². The van der Waals surface area contributed by atoms with Gasteiger partial charge in [0.15, 0.2) is 0 Å². The van der Waals surface area contributed by atoms with Gasteiger partial charge in [0.1, 0.15) is 0 Å². The Kier molecular flexibility index (Phi) is 4.93. The molecule has 0 aliphatic carbocycles. The number of esters is 1. The highest BCUT2D eigenvalue weighted by Gasteiger charge is 2.03. The van der Waals surface area contributed by atoms with Crippen molar-refractivity contribution in [2.24, 2.45) is 11.5 Å². The Morgan fingerprint density at radius 2 is 2.27 bits per heavy atom. The second-order valence-corrected chi connectivity index (χ2v) is 1.60. The monoisotopic (exact) mass is 160 g/mol. The smallest absolute Gasteiger partial charge is 0.327 e. The number of carbonyl (C=O) groups is 1. The van der Waals surface area contributed by atoms with Crippen molar-refractivity contribution in [3.8, 4) is 0 Å². The Balaban J connectivity index is 3.79. The highest BCUT2D eigenvalue weighted by Crippen LogP contribution is 1.96. The number of ether oxygens (including phenoxy) is 2.